The van der Waals surface area contributed by atoms with Gasteiger partial charge in [0, 0.05) is 18.7 Å². The normalized spacial score (nSPS) is 17.8. The van der Waals surface area contributed by atoms with Gasteiger partial charge >= 0.3 is 0 Å². The molecule has 0 aliphatic carbocycles. The van der Waals surface area contributed by atoms with Crippen LogP contribution in [0.1, 0.15) is 24.1 Å². The summed E-state index contributed by atoms with van der Waals surface area (Å²) in [6.45, 7) is 3.31. The molecular weight excluding hydrogens is 432 g/mol. The maximum absolute atomic E-state index is 13.0. The first-order valence-electron chi connectivity index (χ1n) is 10.3. The van der Waals surface area contributed by atoms with Crippen LogP contribution in [0.15, 0.2) is 48.0 Å². The molecule has 0 radical (unpaired) electrons. The highest BCUT2D eigenvalue weighted by Crippen LogP contribution is 2.40. The van der Waals surface area contributed by atoms with E-state index in [0.29, 0.717) is 42.3 Å². The molecular formula is C24H27ClN2O5. The Bertz CT molecular complexity index is 1030. The van der Waals surface area contributed by atoms with Gasteiger partial charge in [-0.3, -0.25) is 9.59 Å². The first-order valence-corrected chi connectivity index (χ1v) is 10.7. The van der Waals surface area contributed by atoms with E-state index in [0.717, 1.165) is 0 Å². The van der Waals surface area contributed by atoms with E-state index in [2.05, 4.69) is 0 Å². The van der Waals surface area contributed by atoms with Crippen LogP contribution < -0.4 is 9.47 Å². The number of rotatable bonds is 8. The molecule has 1 aliphatic rings. The van der Waals surface area contributed by atoms with E-state index in [-0.39, 0.29) is 16.4 Å². The lowest BCUT2D eigenvalue weighted by atomic mass is 9.95. The second-order valence-corrected chi connectivity index (χ2v) is 8.05. The molecule has 2 aromatic rings. The molecule has 0 aromatic heterocycles. The number of aliphatic hydroxyl groups excluding tert-OH is 1. The summed E-state index contributed by atoms with van der Waals surface area (Å²) in [6.07, 6.45) is 0. The van der Waals surface area contributed by atoms with Crippen LogP contribution in [0.4, 0.5) is 0 Å². The minimum Gasteiger partial charge on any atom is -0.507 e. The molecule has 32 heavy (non-hydrogen) atoms. The average molecular weight is 459 g/mol. The van der Waals surface area contributed by atoms with Crippen LogP contribution in [0, 0.1) is 0 Å². The van der Waals surface area contributed by atoms with Gasteiger partial charge in [0.15, 0.2) is 0 Å². The van der Waals surface area contributed by atoms with Gasteiger partial charge in [-0.25, -0.2) is 0 Å². The van der Waals surface area contributed by atoms with Crippen molar-refractivity contribution >= 4 is 29.1 Å². The van der Waals surface area contributed by atoms with Gasteiger partial charge in [0.05, 0.1) is 30.4 Å². The number of methoxy groups -OCH3 is 1. The van der Waals surface area contributed by atoms with Crippen LogP contribution in [0.3, 0.4) is 0 Å². The highest BCUT2D eigenvalue weighted by molar-refractivity contribution is 6.46. The highest BCUT2D eigenvalue weighted by atomic mass is 35.5. The second-order valence-electron chi connectivity index (χ2n) is 7.65. The number of nitrogens with zero attached hydrogens (tertiary/aromatic N) is 2. The summed E-state index contributed by atoms with van der Waals surface area (Å²) in [6, 6.07) is 11.2. The first-order chi connectivity index (χ1) is 15.3. The Morgan fingerprint density at radius 1 is 1.16 bits per heavy atom. The third kappa shape index (κ3) is 4.74. The van der Waals surface area contributed by atoms with Crippen molar-refractivity contribution in [1.82, 2.24) is 9.80 Å². The lowest BCUT2D eigenvalue weighted by molar-refractivity contribution is -0.140. The number of benzene rings is 2. The van der Waals surface area contributed by atoms with Crippen LogP contribution in [0.5, 0.6) is 11.5 Å². The van der Waals surface area contributed by atoms with Gasteiger partial charge in [0.1, 0.15) is 17.3 Å². The van der Waals surface area contributed by atoms with E-state index in [9.17, 15) is 14.7 Å². The summed E-state index contributed by atoms with van der Waals surface area (Å²) in [5.74, 6) is -0.528. The van der Waals surface area contributed by atoms with E-state index in [4.69, 9.17) is 21.1 Å². The van der Waals surface area contributed by atoms with Gasteiger partial charge in [-0.15, -0.1) is 0 Å². The van der Waals surface area contributed by atoms with Gasteiger partial charge in [-0.05, 0) is 56.9 Å². The summed E-state index contributed by atoms with van der Waals surface area (Å²) in [5.41, 5.74) is 1.06. The number of ether oxygens (including phenoxy) is 2. The number of amides is 1. The zero-order valence-electron chi connectivity index (χ0n) is 18.6. The maximum Gasteiger partial charge on any atom is 0.295 e. The van der Waals surface area contributed by atoms with Gasteiger partial charge < -0.3 is 24.4 Å². The molecule has 1 aliphatic heterocycles. The topological polar surface area (TPSA) is 79.3 Å². The predicted molar refractivity (Wildman–Crippen MR) is 123 cm³/mol. The fraction of sp³-hybridized carbons (Fsp3) is 0.333. The molecule has 1 N–H and O–H groups in total. The zero-order valence-corrected chi connectivity index (χ0v) is 19.3. The minimum absolute atomic E-state index is 0.0270. The Hall–Kier alpha value is -3.03. The van der Waals surface area contributed by atoms with Crippen molar-refractivity contribution in [1.29, 1.82) is 0 Å². The molecule has 8 heteroatoms. The van der Waals surface area contributed by atoms with E-state index < -0.39 is 17.7 Å². The lowest BCUT2D eigenvalue weighted by Gasteiger charge is -2.26. The average Bonchev–Trinajstić information content (AvgIpc) is 3.02. The number of ketones is 1. The molecule has 2 aromatic carbocycles. The zero-order chi connectivity index (χ0) is 23.4. The van der Waals surface area contributed by atoms with Crippen molar-refractivity contribution < 1.29 is 24.2 Å². The van der Waals surface area contributed by atoms with Crippen molar-refractivity contribution in [2.75, 3.05) is 40.9 Å². The monoisotopic (exact) mass is 458 g/mol. The minimum atomic E-state index is -0.730. The molecule has 7 nitrogen and oxygen atoms in total. The molecule has 1 saturated heterocycles. The molecule has 1 atom stereocenters. The van der Waals surface area contributed by atoms with Gasteiger partial charge in [-0.2, -0.15) is 0 Å². The van der Waals surface area contributed by atoms with Gasteiger partial charge in [0.25, 0.3) is 11.7 Å². The Morgan fingerprint density at radius 2 is 1.84 bits per heavy atom. The van der Waals surface area contributed by atoms with E-state index in [1.54, 1.807) is 36.4 Å². The van der Waals surface area contributed by atoms with Gasteiger partial charge in [0.2, 0.25) is 0 Å². The number of aliphatic hydroxyl groups is 1. The van der Waals surface area contributed by atoms with Crippen molar-refractivity contribution in [3.63, 3.8) is 0 Å². The number of hydrogen-bond acceptors (Lipinski definition) is 6. The van der Waals surface area contributed by atoms with Crippen molar-refractivity contribution in [3.05, 3.63) is 64.2 Å². The van der Waals surface area contributed by atoms with Crippen LogP contribution in [0.2, 0.25) is 5.02 Å². The van der Waals surface area contributed by atoms with Crippen LogP contribution in [-0.4, -0.2) is 67.5 Å². The number of halogens is 1. The third-order valence-corrected chi connectivity index (χ3v) is 5.56. The number of hydrogen-bond donors (Lipinski definition) is 1. The Balaban J connectivity index is 2.12. The predicted octanol–water partition coefficient (Wildman–Crippen LogP) is 3.73. The van der Waals surface area contributed by atoms with E-state index in [1.165, 1.54) is 18.1 Å². The third-order valence-electron chi connectivity index (χ3n) is 5.26. The summed E-state index contributed by atoms with van der Waals surface area (Å²) < 4.78 is 10.7. The van der Waals surface area contributed by atoms with Crippen molar-refractivity contribution in [2.24, 2.45) is 0 Å². The smallest absolute Gasteiger partial charge is 0.295 e. The van der Waals surface area contributed by atoms with Crippen molar-refractivity contribution in [2.45, 2.75) is 13.0 Å². The summed E-state index contributed by atoms with van der Waals surface area (Å²) in [5, 5.41) is 11.4. The molecule has 1 amide bonds. The number of Topliss-reactive ketones (excluding diaryl/α,β-unsaturated/α-hetero) is 1. The largest absolute Gasteiger partial charge is 0.507 e. The SMILES string of the molecule is CCOc1ccc([C@@H]2C(=C(O)c3ccc(OC)c(Cl)c3)C(=O)C(=O)N2CCN(C)C)cc1. The molecule has 170 valence electrons. The maximum atomic E-state index is 13.0. The fourth-order valence-corrected chi connectivity index (χ4v) is 3.90. The number of likely N-dealkylation sites (tertiary alicyclic amines) is 1. The van der Waals surface area contributed by atoms with E-state index in [1.807, 2.05) is 25.9 Å². The summed E-state index contributed by atoms with van der Waals surface area (Å²) >= 11 is 6.22. The van der Waals surface area contributed by atoms with E-state index >= 15 is 0 Å². The fourth-order valence-electron chi connectivity index (χ4n) is 3.65. The second kappa shape index (κ2) is 10.1. The molecule has 0 saturated carbocycles. The van der Waals surface area contributed by atoms with Gasteiger partial charge in [-0.1, -0.05) is 23.7 Å². The van der Waals surface area contributed by atoms with Crippen molar-refractivity contribution in [3.8, 4) is 11.5 Å². The molecule has 3 rings (SSSR count). The number of carbonyl (C=O) groups is 2. The Morgan fingerprint density at radius 3 is 2.41 bits per heavy atom. The highest BCUT2D eigenvalue weighted by Gasteiger charge is 2.45. The Kier molecular flexibility index (Phi) is 7.43. The standard InChI is InChI=1S/C24H27ClN2O5/c1-5-32-17-9-6-15(7-10-17)21-20(23(29)24(30)27(21)13-12-26(2)3)22(28)16-8-11-19(31-4)18(25)14-16/h6-11,14,21,28H,5,12-13H2,1-4H3/t21-/m1/s1. The summed E-state index contributed by atoms with van der Waals surface area (Å²) in [4.78, 5) is 29.4. The Labute approximate surface area is 192 Å². The molecule has 0 unspecified atom stereocenters. The van der Waals surface area contributed by atoms with Crippen LogP contribution in [-0.2, 0) is 9.59 Å². The number of carbonyl (C=O) groups excluding carboxylic acids is 2. The first kappa shape index (κ1) is 23.6. The molecule has 0 spiro atoms. The summed E-state index contributed by atoms with van der Waals surface area (Å²) in [7, 11) is 5.27. The van der Waals surface area contributed by atoms with Crippen LogP contribution >= 0.6 is 11.6 Å². The molecule has 1 heterocycles. The van der Waals surface area contributed by atoms with Crippen LogP contribution in [0.25, 0.3) is 5.76 Å². The molecule has 0 bridgehead atoms. The lowest BCUT2D eigenvalue weighted by Crippen LogP contribution is -2.35. The quantitative estimate of drug-likeness (QED) is 0.369. The molecule has 1 fully saturated rings. The number of likely N-dealkylation sites (N-methyl/N-ethyl adjacent to an activating group) is 1.